The average Bonchev–Trinajstić information content (AvgIpc) is 3.19. The number of rotatable bonds is 7. The molecule has 29 heavy (non-hydrogen) atoms. The van der Waals surface area contributed by atoms with E-state index in [1.807, 2.05) is 12.2 Å². The van der Waals surface area contributed by atoms with Crippen molar-refractivity contribution in [1.29, 1.82) is 0 Å². The fourth-order valence-corrected chi connectivity index (χ4v) is 2.24. The molecule has 0 fully saturated rings. The van der Waals surface area contributed by atoms with Crippen LogP contribution in [0.15, 0.2) is 41.0 Å². The normalized spacial score (nSPS) is 10.9. The van der Waals surface area contributed by atoms with Crippen molar-refractivity contribution in [1.82, 2.24) is 10.6 Å². The van der Waals surface area contributed by atoms with E-state index >= 15 is 0 Å². The van der Waals surface area contributed by atoms with Crippen LogP contribution in [-0.2, 0) is 11.0 Å². The number of imide groups is 1. The highest BCUT2D eigenvalue weighted by Gasteiger charge is 2.34. The van der Waals surface area contributed by atoms with Crippen LogP contribution in [0.5, 0.6) is 0 Å². The molecule has 0 saturated heterocycles. The minimum atomic E-state index is -4.75. The van der Waals surface area contributed by atoms with Gasteiger partial charge in [-0.1, -0.05) is 6.92 Å². The van der Waals surface area contributed by atoms with Crippen LogP contribution in [-0.4, -0.2) is 30.9 Å². The summed E-state index contributed by atoms with van der Waals surface area (Å²) in [6, 6.07) is 5.15. The quantitative estimate of drug-likeness (QED) is 0.558. The van der Waals surface area contributed by atoms with E-state index in [9.17, 15) is 27.6 Å². The Hall–Kier alpha value is -3.50. The summed E-state index contributed by atoms with van der Waals surface area (Å²) in [6.45, 7) is 1.62. The minimum Gasteiger partial charge on any atom is -0.459 e. The number of carbonyl (C=O) groups is 3. The summed E-state index contributed by atoms with van der Waals surface area (Å²) in [5.41, 5.74) is -1.57. The van der Waals surface area contributed by atoms with Crippen LogP contribution in [0.2, 0.25) is 0 Å². The molecule has 1 heterocycles. The second kappa shape index (κ2) is 9.62. The molecule has 4 N–H and O–H groups in total. The lowest BCUT2D eigenvalue weighted by Gasteiger charge is -2.16. The van der Waals surface area contributed by atoms with Gasteiger partial charge in [0.25, 0.3) is 5.91 Å². The zero-order chi connectivity index (χ0) is 21.4. The Morgan fingerprint density at radius 2 is 1.90 bits per heavy atom. The molecule has 0 aliphatic carbocycles. The summed E-state index contributed by atoms with van der Waals surface area (Å²) in [7, 11) is 0. The summed E-state index contributed by atoms with van der Waals surface area (Å²) in [5, 5.41) is 9.05. The molecule has 11 heteroatoms. The summed E-state index contributed by atoms with van der Waals surface area (Å²) in [5.74, 6) is -1.57. The summed E-state index contributed by atoms with van der Waals surface area (Å²) >= 11 is 0. The largest absolute Gasteiger partial charge is 0.459 e. The summed E-state index contributed by atoms with van der Waals surface area (Å²) in [4.78, 5) is 35.0. The standard InChI is InChI=1S/C18H19F3N4O4/c1-2-7-22-17(28)25-15(26)10-23-13-6-5-11(9-12(13)18(19,20)21)24-16(27)14-4-3-8-29-14/h3-6,8-9,23H,2,7,10H2,1H3,(H,24,27)(H2,22,25,26,28). The van der Waals surface area contributed by atoms with Gasteiger partial charge in [-0.2, -0.15) is 13.2 Å². The maximum Gasteiger partial charge on any atom is 0.418 e. The van der Waals surface area contributed by atoms with Gasteiger partial charge in [0.05, 0.1) is 18.4 Å². The van der Waals surface area contributed by atoms with E-state index in [1.54, 1.807) is 0 Å². The van der Waals surface area contributed by atoms with Crippen molar-refractivity contribution in [2.45, 2.75) is 19.5 Å². The van der Waals surface area contributed by atoms with Crippen molar-refractivity contribution < 1.29 is 32.0 Å². The highest BCUT2D eigenvalue weighted by atomic mass is 19.4. The third-order valence-electron chi connectivity index (χ3n) is 3.56. The lowest BCUT2D eigenvalue weighted by atomic mass is 10.1. The molecule has 0 radical (unpaired) electrons. The monoisotopic (exact) mass is 412 g/mol. The van der Waals surface area contributed by atoms with Crippen LogP contribution in [0, 0.1) is 0 Å². The second-order valence-electron chi connectivity index (χ2n) is 5.85. The molecule has 0 bridgehead atoms. The maximum absolute atomic E-state index is 13.4. The van der Waals surface area contributed by atoms with Crippen LogP contribution in [0.3, 0.4) is 0 Å². The number of benzene rings is 1. The smallest absolute Gasteiger partial charge is 0.418 e. The maximum atomic E-state index is 13.4. The molecular formula is C18H19F3N4O4. The van der Waals surface area contributed by atoms with E-state index < -0.39 is 36.1 Å². The number of hydrogen-bond acceptors (Lipinski definition) is 5. The lowest BCUT2D eigenvalue weighted by Crippen LogP contribution is -2.42. The second-order valence-corrected chi connectivity index (χ2v) is 5.85. The van der Waals surface area contributed by atoms with Crippen molar-refractivity contribution in [2.24, 2.45) is 0 Å². The molecule has 0 saturated carbocycles. The first kappa shape index (κ1) is 21.8. The highest BCUT2D eigenvalue weighted by molar-refractivity contribution is 6.02. The van der Waals surface area contributed by atoms with Crippen molar-refractivity contribution in [3.8, 4) is 0 Å². The van der Waals surface area contributed by atoms with Gasteiger partial charge in [0.15, 0.2) is 5.76 Å². The zero-order valence-corrected chi connectivity index (χ0v) is 15.4. The van der Waals surface area contributed by atoms with Crippen LogP contribution in [0.1, 0.15) is 29.5 Å². The van der Waals surface area contributed by atoms with E-state index in [-0.39, 0.29) is 17.1 Å². The zero-order valence-electron chi connectivity index (χ0n) is 15.4. The number of amides is 4. The van der Waals surface area contributed by atoms with Crippen molar-refractivity contribution in [3.63, 3.8) is 0 Å². The van der Waals surface area contributed by atoms with Crippen molar-refractivity contribution in [2.75, 3.05) is 23.7 Å². The number of nitrogens with one attached hydrogen (secondary N) is 4. The molecule has 0 atom stereocenters. The number of hydrogen-bond donors (Lipinski definition) is 4. The van der Waals surface area contributed by atoms with E-state index in [0.29, 0.717) is 13.0 Å². The Bertz CT molecular complexity index is 866. The van der Waals surface area contributed by atoms with E-state index in [4.69, 9.17) is 4.42 Å². The van der Waals surface area contributed by atoms with Crippen molar-refractivity contribution in [3.05, 3.63) is 47.9 Å². The molecule has 1 aromatic carbocycles. The Kier molecular flexibility index (Phi) is 7.23. The van der Waals surface area contributed by atoms with E-state index in [0.717, 1.165) is 12.1 Å². The number of halogens is 3. The first-order valence-corrected chi connectivity index (χ1v) is 8.58. The molecule has 8 nitrogen and oxygen atoms in total. The minimum absolute atomic E-state index is 0.0567. The summed E-state index contributed by atoms with van der Waals surface area (Å²) in [6.07, 6.45) is -2.82. The van der Waals surface area contributed by atoms with Gasteiger partial charge in [-0.3, -0.25) is 14.9 Å². The Labute approximate surface area is 163 Å². The molecule has 156 valence electrons. The number of anilines is 2. The Morgan fingerprint density at radius 1 is 1.14 bits per heavy atom. The average molecular weight is 412 g/mol. The molecule has 1 aromatic heterocycles. The van der Waals surface area contributed by atoms with Gasteiger partial charge in [-0.15, -0.1) is 0 Å². The van der Waals surface area contributed by atoms with Crippen LogP contribution in [0.4, 0.5) is 29.3 Å². The summed E-state index contributed by atoms with van der Waals surface area (Å²) < 4.78 is 45.0. The third-order valence-corrected chi connectivity index (χ3v) is 3.56. The number of carbonyl (C=O) groups excluding carboxylic acids is 3. The van der Waals surface area contributed by atoms with Gasteiger partial charge < -0.3 is 20.4 Å². The van der Waals surface area contributed by atoms with Gasteiger partial charge in [0.1, 0.15) is 0 Å². The number of urea groups is 1. The van der Waals surface area contributed by atoms with Gasteiger partial charge in [0, 0.05) is 17.9 Å². The predicted molar refractivity (Wildman–Crippen MR) is 98.4 cm³/mol. The van der Waals surface area contributed by atoms with Crippen LogP contribution >= 0.6 is 0 Å². The Morgan fingerprint density at radius 3 is 2.52 bits per heavy atom. The lowest BCUT2D eigenvalue weighted by molar-refractivity contribution is -0.137. The SMILES string of the molecule is CCCNC(=O)NC(=O)CNc1ccc(NC(=O)c2ccco2)cc1C(F)(F)F. The van der Waals surface area contributed by atoms with E-state index in [2.05, 4.69) is 16.0 Å². The van der Waals surface area contributed by atoms with Gasteiger partial charge in [-0.25, -0.2) is 4.79 Å². The first-order valence-electron chi connectivity index (χ1n) is 8.58. The molecule has 2 rings (SSSR count). The fourth-order valence-electron chi connectivity index (χ4n) is 2.24. The number of furan rings is 1. The molecule has 2 aromatic rings. The molecule has 0 aliphatic rings. The number of alkyl halides is 3. The van der Waals surface area contributed by atoms with E-state index in [1.165, 1.54) is 24.5 Å². The highest BCUT2D eigenvalue weighted by Crippen LogP contribution is 2.36. The first-order chi connectivity index (χ1) is 13.7. The van der Waals surface area contributed by atoms with Crippen molar-refractivity contribution >= 4 is 29.2 Å². The molecule has 0 unspecified atom stereocenters. The molecule has 4 amide bonds. The van der Waals surface area contributed by atoms with Gasteiger partial charge >= 0.3 is 12.2 Å². The predicted octanol–water partition coefficient (Wildman–Crippen LogP) is 3.20. The van der Waals surface area contributed by atoms with Gasteiger partial charge in [0.2, 0.25) is 5.91 Å². The topological polar surface area (TPSA) is 112 Å². The van der Waals surface area contributed by atoms with Gasteiger partial charge in [-0.05, 0) is 36.8 Å². The molecule has 0 aliphatic heterocycles. The fraction of sp³-hybridized carbons (Fsp3) is 0.278. The van der Waals surface area contributed by atoms with Crippen LogP contribution < -0.4 is 21.3 Å². The molecular weight excluding hydrogens is 393 g/mol. The van der Waals surface area contributed by atoms with Crippen LogP contribution in [0.25, 0.3) is 0 Å². The third kappa shape index (κ3) is 6.55. The Balaban J connectivity index is 2.06. The molecule has 0 spiro atoms.